The van der Waals surface area contributed by atoms with E-state index in [0.29, 0.717) is 11.3 Å². The van der Waals surface area contributed by atoms with E-state index in [1.54, 1.807) is 6.92 Å². The maximum Gasteiger partial charge on any atom is 0.306 e. The Morgan fingerprint density at radius 2 is 1.67 bits per heavy atom. The van der Waals surface area contributed by atoms with E-state index in [2.05, 4.69) is 10.6 Å². The van der Waals surface area contributed by atoms with Crippen molar-refractivity contribution in [3.8, 4) is 0 Å². The van der Waals surface area contributed by atoms with E-state index in [0.717, 1.165) is 0 Å². The minimum absolute atomic E-state index is 0.111. The first-order valence-corrected chi connectivity index (χ1v) is 10.00. The zero-order valence-corrected chi connectivity index (χ0v) is 18.1. The van der Waals surface area contributed by atoms with Gasteiger partial charge in [0.2, 0.25) is 11.8 Å². The maximum absolute atomic E-state index is 12.8. The summed E-state index contributed by atoms with van der Waals surface area (Å²) in [7, 11) is 0. The second-order valence-corrected chi connectivity index (χ2v) is 7.08. The second-order valence-electron chi connectivity index (χ2n) is 7.08. The highest BCUT2D eigenvalue weighted by molar-refractivity contribution is 5.98. The zero-order chi connectivity index (χ0) is 24.5. The van der Waals surface area contributed by atoms with Gasteiger partial charge in [-0.3, -0.25) is 29.3 Å². The number of nitrogens with one attached hydrogen (secondary N) is 2. The van der Waals surface area contributed by atoms with E-state index in [1.807, 2.05) is 0 Å². The number of primary amides is 1. The molecule has 2 atom stereocenters. The molecule has 0 radical (unpaired) electrons. The summed E-state index contributed by atoms with van der Waals surface area (Å²) in [5, 5.41) is 16.1. The van der Waals surface area contributed by atoms with Crippen molar-refractivity contribution in [2.24, 2.45) is 5.73 Å². The van der Waals surface area contributed by atoms with Crippen molar-refractivity contribution in [1.82, 2.24) is 5.32 Å². The topological polar surface area (TPSA) is 171 Å². The van der Waals surface area contributed by atoms with E-state index < -0.39 is 34.7 Å². The molecule has 0 saturated carbocycles. The van der Waals surface area contributed by atoms with Gasteiger partial charge >= 0.3 is 5.97 Å². The molecular formula is C22H24N4O7. The van der Waals surface area contributed by atoms with E-state index in [9.17, 15) is 29.3 Å². The van der Waals surface area contributed by atoms with Crippen molar-refractivity contribution in [2.45, 2.75) is 32.2 Å². The van der Waals surface area contributed by atoms with E-state index in [-0.39, 0.29) is 30.2 Å². The lowest BCUT2D eigenvalue weighted by atomic mass is 9.87. The number of anilines is 1. The number of non-ortho nitro benzene ring substituents is 1. The highest BCUT2D eigenvalue weighted by Gasteiger charge is 2.32. The first kappa shape index (κ1) is 25.0. The molecule has 2 rings (SSSR count). The summed E-state index contributed by atoms with van der Waals surface area (Å²) < 4.78 is 4.97. The van der Waals surface area contributed by atoms with Crippen LogP contribution in [0.5, 0.6) is 0 Å². The molecule has 0 aliphatic rings. The summed E-state index contributed by atoms with van der Waals surface area (Å²) in [5.74, 6) is -3.35. The number of nitro benzene ring substituents is 1. The van der Waals surface area contributed by atoms with Gasteiger partial charge in [0, 0.05) is 36.2 Å². The quantitative estimate of drug-likeness (QED) is 0.278. The van der Waals surface area contributed by atoms with Crippen LogP contribution in [0.1, 0.15) is 42.1 Å². The number of carbonyl (C=O) groups is 4. The molecule has 2 aromatic carbocycles. The predicted molar refractivity (Wildman–Crippen MR) is 118 cm³/mol. The van der Waals surface area contributed by atoms with Gasteiger partial charge in [-0.2, -0.15) is 0 Å². The highest BCUT2D eigenvalue weighted by atomic mass is 16.6. The smallest absolute Gasteiger partial charge is 0.306 e. The van der Waals surface area contributed by atoms with Crippen molar-refractivity contribution >= 4 is 35.1 Å². The Morgan fingerprint density at radius 3 is 2.15 bits per heavy atom. The number of benzene rings is 2. The van der Waals surface area contributed by atoms with Crippen molar-refractivity contribution in [3.05, 3.63) is 69.8 Å². The largest absolute Gasteiger partial charge is 0.466 e. The third-order valence-electron chi connectivity index (χ3n) is 4.69. The Morgan fingerprint density at radius 1 is 1.06 bits per heavy atom. The first-order chi connectivity index (χ1) is 15.6. The Hall–Kier alpha value is -4.28. The molecule has 0 unspecified atom stereocenters. The number of hydrogen-bond acceptors (Lipinski definition) is 7. The lowest BCUT2D eigenvalue weighted by Crippen LogP contribution is -2.48. The summed E-state index contributed by atoms with van der Waals surface area (Å²) in [4.78, 5) is 58.7. The van der Waals surface area contributed by atoms with Gasteiger partial charge in [0.15, 0.2) is 0 Å². The Balaban J connectivity index is 2.32. The van der Waals surface area contributed by atoms with Crippen LogP contribution < -0.4 is 16.4 Å². The number of esters is 1. The molecule has 0 spiro atoms. The molecule has 4 N–H and O–H groups in total. The van der Waals surface area contributed by atoms with Crippen LogP contribution in [0.15, 0.2) is 48.5 Å². The Labute approximate surface area is 189 Å². The molecule has 11 nitrogen and oxygen atoms in total. The molecule has 0 saturated heterocycles. The van der Waals surface area contributed by atoms with Crippen molar-refractivity contribution in [1.29, 1.82) is 0 Å². The number of nitro groups is 1. The van der Waals surface area contributed by atoms with Gasteiger partial charge in [-0.15, -0.1) is 0 Å². The second kappa shape index (κ2) is 11.4. The van der Waals surface area contributed by atoms with Crippen LogP contribution in [0.2, 0.25) is 0 Å². The molecule has 11 heteroatoms. The van der Waals surface area contributed by atoms with Gasteiger partial charge in [-0.1, -0.05) is 12.1 Å². The van der Waals surface area contributed by atoms with Crippen molar-refractivity contribution < 1.29 is 28.8 Å². The van der Waals surface area contributed by atoms with Crippen LogP contribution in [0, 0.1) is 10.1 Å². The van der Waals surface area contributed by atoms with Crippen molar-refractivity contribution in [2.75, 3.05) is 11.9 Å². The fraction of sp³-hybridized carbons (Fsp3) is 0.273. The molecule has 0 fully saturated rings. The molecule has 0 aliphatic heterocycles. The summed E-state index contributed by atoms with van der Waals surface area (Å²) >= 11 is 0. The molecule has 33 heavy (non-hydrogen) atoms. The lowest BCUT2D eigenvalue weighted by Gasteiger charge is -2.25. The summed E-state index contributed by atoms with van der Waals surface area (Å²) in [6, 6.07) is 9.87. The van der Waals surface area contributed by atoms with Gasteiger partial charge in [0.25, 0.3) is 11.6 Å². The number of nitrogens with zero attached hydrogens (tertiary/aromatic N) is 1. The van der Waals surface area contributed by atoms with E-state index in [4.69, 9.17) is 10.5 Å². The molecule has 0 bridgehead atoms. The number of nitrogens with two attached hydrogens (primary N) is 1. The monoisotopic (exact) mass is 456 g/mol. The molecule has 0 aliphatic carbocycles. The number of ether oxygens (including phenoxy) is 1. The fourth-order valence-electron chi connectivity index (χ4n) is 3.17. The predicted octanol–water partition coefficient (Wildman–Crippen LogP) is 1.87. The average Bonchev–Trinajstić information content (AvgIpc) is 2.76. The number of amides is 3. The van der Waals surface area contributed by atoms with E-state index >= 15 is 0 Å². The molecule has 2 aromatic rings. The maximum atomic E-state index is 12.8. The van der Waals surface area contributed by atoms with Crippen LogP contribution in [0.4, 0.5) is 11.4 Å². The van der Waals surface area contributed by atoms with Gasteiger partial charge in [-0.25, -0.2) is 0 Å². The van der Waals surface area contributed by atoms with Crippen LogP contribution in [0.3, 0.4) is 0 Å². The minimum Gasteiger partial charge on any atom is -0.466 e. The fourth-order valence-corrected chi connectivity index (χ4v) is 3.17. The van der Waals surface area contributed by atoms with Gasteiger partial charge in [0.1, 0.15) is 6.04 Å². The molecule has 3 amide bonds. The van der Waals surface area contributed by atoms with Crippen LogP contribution in [0.25, 0.3) is 0 Å². The summed E-state index contributed by atoms with van der Waals surface area (Å²) in [6.07, 6.45) is -0.291. The van der Waals surface area contributed by atoms with Gasteiger partial charge in [0.05, 0.1) is 18.0 Å². The normalized spacial score (nSPS) is 12.2. The molecule has 174 valence electrons. The molecular weight excluding hydrogens is 432 g/mol. The van der Waals surface area contributed by atoms with Crippen molar-refractivity contribution in [3.63, 3.8) is 0 Å². The first-order valence-electron chi connectivity index (χ1n) is 10.00. The van der Waals surface area contributed by atoms with Gasteiger partial charge < -0.3 is 21.1 Å². The number of hydrogen-bond donors (Lipinski definition) is 3. The average molecular weight is 456 g/mol. The van der Waals surface area contributed by atoms with Gasteiger partial charge in [-0.05, 0) is 36.8 Å². The third kappa shape index (κ3) is 7.13. The SMILES string of the molecule is CCOC(=O)C[C@H](c1ccc([N+](=O)[O-])cc1)[C@H](NC(=O)c1ccc(NC(C)=O)cc1)C(N)=O. The molecule has 0 aromatic heterocycles. The molecule has 0 heterocycles. The Kier molecular flexibility index (Phi) is 8.61. The highest BCUT2D eigenvalue weighted by Crippen LogP contribution is 2.27. The summed E-state index contributed by atoms with van der Waals surface area (Å²) in [6.45, 7) is 3.08. The number of carbonyl (C=O) groups excluding carboxylic acids is 4. The number of rotatable bonds is 10. The summed E-state index contributed by atoms with van der Waals surface area (Å²) in [5.41, 5.74) is 6.43. The van der Waals surface area contributed by atoms with Crippen LogP contribution >= 0.6 is 0 Å². The standard InChI is InChI=1S/C22H24N4O7/c1-3-33-19(28)12-18(14-6-10-17(11-7-14)26(31)32)20(21(23)29)25-22(30)15-4-8-16(9-5-15)24-13(2)27/h4-11,18,20H,3,12H2,1-2H3,(H2,23,29)(H,24,27)(H,25,30)/t18-,20+/m1/s1. The zero-order valence-electron chi connectivity index (χ0n) is 18.1. The Bertz CT molecular complexity index is 1040. The lowest BCUT2D eigenvalue weighted by molar-refractivity contribution is -0.384. The van der Waals surface area contributed by atoms with Crippen LogP contribution in [-0.4, -0.2) is 41.3 Å². The van der Waals surface area contributed by atoms with Crippen LogP contribution in [-0.2, 0) is 19.1 Å². The minimum atomic E-state index is -1.31. The van der Waals surface area contributed by atoms with E-state index in [1.165, 1.54) is 55.5 Å². The third-order valence-corrected chi connectivity index (χ3v) is 4.69.